The van der Waals surface area contributed by atoms with E-state index in [4.69, 9.17) is 9.47 Å². The lowest BCUT2D eigenvalue weighted by Crippen LogP contribution is -2.40. The SMILES string of the molecule is COC(=O)C1=C[C@@H]([C@H]2CCCCC(=O)O2)C(C(=O)OC)=NN1. The van der Waals surface area contributed by atoms with Crippen LogP contribution < -0.4 is 5.43 Å². The fraction of sp³-hybridized carbons (Fsp3) is 0.571. The third-order valence-electron chi connectivity index (χ3n) is 3.56. The van der Waals surface area contributed by atoms with Crippen molar-refractivity contribution in [2.24, 2.45) is 11.0 Å². The Morgan fingerprint density at radius 1 is 1.27 bits per heavy atom. The fourth-order valence-electron chi connectivity index (χ4n) is 2.44. The van der Waals surface area contributed by atoms with Gasteiger partial charge in [0.25, 0.3) is 0 Å². The smallest absolute Gasteiger partial charge is 0.355 e. The third-order valence-corrected chi connectivity index (χ3v) is 3.56. The molecular formula is C14H18N2O6. The van der Waals surface area contributed by atoms with E-state index < -0.39 is 24.0 Å². The van der Waals surface area contributed by atoms with Gasteiger partial charge in [0, 0.05) is 6.42 Å². The number of nitrogens with zero attached hydrogens (tertiary/aromatic N) is 1. The van der Waals surface area contributed by atoms with Crippen LogP contribution in [0.5, 0.6) is 0 Å². The highest BCUT2D eigenvalue weighted by molar-refractivity contribution is 6.38. The summed E-state index contributed by atoms with van der Waals surface area (Å²) >= 11 is 0. The van der Waals surface area contributed by atoms with Gasteiger partial charge in [0.05, 0.1) is 20.1 Å². The Morgan fingerprint density at radius 3 is 2.68 bits per heavy atom. The van der Waals surface area contributed by atoms with Gasteiger partial charge in [0.1, 0.15) is 11.8 Å². The lowest BCUT2D eigenvalue weighted by molar-refractivity contribution is -0.149. The average Bonchev–Trinajstić information content (AvgIpc) is 2.77. The summed E-state index contributed by atoms with van der Waals surface area (Å²) in [5.74, 6) is -2.22. The molecule has 0 aromatic carbocycles. The van der Waals surface area contributed by atoms with Gasteiger partial charge in [-0.1, -0.05) is 0 Å². The second-order valence-electron chi connectivity index (χ2n) is 4.97. The van der Waals surface area contributed by atoms with Crippen LogP contribution in [0, 0.1) is 5.92 Å². The summed E-state index contributed by atoms with van der Waals surface area (Å²) in [5.41, 5.74) is 2.63. The summed E-state index contributed by atoms with van der Waals surface area (Å²) < 4.78 is 14.7. The van der Waals surface area contributed by atoms with E-state index in [2.05, 4.69) is 15.3 Å². The Labute approximate surface area is 127 Å². The number of esters is 3. The van der Waals surface area contributed by atoms with Crippen LogP contribution in [0.1, 0.15) is 25.7 Å². The van der Waals surface area contributed by atoms with Gasteiger partial charge in [-0.25, -0.2) is 9.59 Å². The first-order chi connectivity index (χ1) is 10.6. The first kappa shape index (κ1) is 16.0. The molecule has 1 N–H and O–H groups in total. The number of cyclic esters (lactones) is 1. The van der Waals surface area contributed by atoms with Gasteiger partial charge in [-0.3, -0.25) is 10.2 Å². The minimum absolute atomic E-state index is 0.0647. The van der Waals surface area contributed by atoms with E-state index >= 15 is 0 Å². The predicted octanol–water partition coefficient (Wildman–Crippen LogP) is 0.277. The number of hydrogen-bond acceptors (Lipinski definition) is 8. The molecule has 8 nitrogen and oxygen atoms in total. The molecule has 0 aromatic heterocycles. The molecule has 0 aliphatic carbocycles. The molecule has 2 aliphatic rings. The molecule has 0 radical (unpaired) electrons. The van der Waals surface area contributed by atoms with Gasteiger partial charge in [-0.05, 0) is 25.3 Å². The van der Waals surface area contributed by atoms with E-state index in [9.17, 15) is 14.4 Å². The summed E-state index contributed by atoms with van der Waals surface area (Å²) in [6.45, 7) is 0. The fourth-order valence-corrected chi connectivity index (χ4v) is 2.44. The summed E-state index contributed by atoms with van der Waals surface area (Å²) in [5, 5.41) is 3.89. The maximum absolute atomic E-state index is 11.9. The predicted molar refractivity (Wildman–Crippen MR) is 74.5 cm³/mol. The van der Waals surface area contributed by atoms with Gasteiger partial charge in [-0.15, -0.1) is 0 Å². The minimum atomic E-state index is -0.648. The molecule has 2 rings (SSSR count). The van der Waals surface area contributed by atoms with Gasteiger partial charge in [0.15, 0.2) is 5.71 Å². The molecule has 22 heavy (non-hydrogen) atoms. The van der Waals surface area contributed by atoms with Crippen LogP contribution in [0.15, 0.2) is 16.9 Å². The van der Waals surface area contributed by atoms with Crippen LogP contribution in [0.3, 0.4) is 0 Å². The molecule has 1 saturated heterocycles. The standard InChI is InChI=1S/C14H18N2O6/c1-20-13(18)9-7-8(12(16-15-9)14(19)21-2)10-5-3-4-6-11(17)22-10/h7-8,10,15H,3-6H2,1-2H3/t8-,10+/m0/s1. The summed E-state index contributed by atoms with van der Waals surface area (Å²) in [7, 11) is 2.48. The molecule has 0 saturated carbocycles. The minimum Gasteiger partial charge on any atom is -0.464 e. The Bertz CT molecular complexity index is 539. The lowest BCUT2D eigenvalue weighted by atomic mass is 9.91. The van der Waals surface area contributed by atoms with Crippen molar-refractivity contribution in [3.05, 3.63) is 11.8 Å². The highest BCUT2D eigenvalue weighted by Crippen LogP contribution is 2.26. The molecule has 2 heterocycles. The Balaban J connectivity index is 2.30. The van der Waals surface area contributed by atoms with E-state index in [0.717, 1.165) is 12.8 Å². The molecule has 0 aromatic rings. The van der Waals surface area contributed by atoms with E-state index in [-0.39, 0.29) is 17.4 Å². The maximum Gasteiger partial charge on any atom is 0.355 e. The number of carbonyl (C=O) groups excluding carboxylic acids is 3. The zero-order chi connectivity index (χ0) is 16.1. The van der Waals surface area contributed by atoms with Crippen LogP contribution in [-0.2, 0) is 28.6 Å². The zero-order valence-electron chi connectivity index (χ0n) is 12.5. The average molecular weight is 310 g/mol. The Kier molecular flexibility index (Phi) is 5.13. The normalized spacial score (nSPS) is 24.9. The van der Waals surface area contributed by atoms with E-state index in [1.54, 1.807) is 0 Å². The van der Waals surface area contributed by atoms with E-state index in [1.807, 2.05) is 0 Å². The maximum atomic E-state index is 11.9. The molecule has 0 bridgehead atoms. The van der Waals surface area contributed by atoms with Crippen molar-refractivity contribution in [1.29, 1.82) is 0 Å². The van der Waals surface area contributed by atoms with Crippen LogP contribution >= 0.6 is 0 Å². The number of carbonyl (C=O) groups is 3. The van der Waals surface area contributed by atoms with Gasteiger partial charge in [-0.2, -0.15) is 5.10 Å². The number of hydrazone groups is 1. The first-order valence-electron chi connectivity index (χ1n) is 6.98. The van der Waals surface area contributed by atoms with Gasteiger partial charge < -0.3 is 14.2 Å². The number of rotatable bonds is 3. The quantitative estimate of drug-likeness (QED) is 0.589. The molecule has 2 atom stereocenters. The second-order valence-corrected chi connectivity index (χ2v) is 4.97. The van der Waals surface area contributed by atoms with Crippen molar-refractivity contribution in [2.75, 3.05) is 14.2 Å². The third kappa shape index (κ3) is 3.44. The van der Waals surface area contributed by atoms with Crippen LogP contribution in [-0.4, -0.2) is 43.9 Å². The highest BCUT2D eigenvalue weighted by atomic mass is 16.5. The molecule has 0 amide bonds. The summed E-state index contributed by atoms with van der Waals surface area (Å²) in [6, 6.07) is 0. The molecule has 1 fully saturated rings. The van der Waals surface area contributed by atoms with Crippen molar-refractivity contribution in [1.82, 2.24) is 5.43 Å². The summed E-state index contributed by atoms with van der Waals surface area (Å²) in [4.78, 5) is 35.1. The van der Waals surface area contributed by atoms with Crippen LogP contribution in [0.2, 0.25) is 0 Å². The monoisotopic (exact) mass is 310 g/mol. The van der Waals surface area contributed by atoms with Crippen LogP contribution in [0.4, 0.5) is 0 Å². The molecule has 120 valence electrons. The molecule has 0 unspecified atom stereocenters. The lowest BCUT2D eigenvalue weighted by Gasteiger charge is -2.26. The van der Waals surface area contributed by atoms with E-state index in [0.29, 0.717) is 12.8 Å². The Hall–Kier alpha value is -2.38. The molecular weight excluding hydrogens is 292 g/mol. The van der Waals surface area contributed by atoms with Crippen LogP contribution in [0.25, 0.3) is 0 Å². The largest absolute Gasteiger partial charge is 0.464 e. The van der Waals surface area contributed by atoms with Crippen molar-refractivity contribution >= 4 is 23.6 Å². The molecule has 2 aliphatic heterocycles. The van der Waals surface area contributed by atoms with Crippen molar-refractivity contribution in [2.45, 2.75) is 31.8 Å². The van der Waals surface area contributed by atoms with Crippen molar-refractivity contribution < 1.29 is 28.6 Å². The highest BCUT2D eigenvalue weighted by Gasteiger charge is 2.36. The number of methoxy groups -OCH3 is 2. The zero-order valence-corrected chi connectivity index (χ0v) is 12.5. The summed E-state index contributed by atoms with van der Waals surface area (Å²) in [6.07, 6.45) is 3.38. The second kappa shape index (κ2) is 7.06. The van der Waals surface area contributed by atoms with Crippen molar-refractivity contribution in [3.63, 3.8) is 0 Å². The number of hydrogen-bond donors (Lipinski definition) is 1. The van der Waals surface area contributed by atoms with Gasteiger partial charge in [0.2, 0.25) is 0 Å². The first-order valence-corrected chi connectivity index (χ1v) is 6.98. The topological polar surface area (TPSA) is 103 Å². The molecule has 8 heteroatoms. The van der Waals surface area contributed by atoms with Gasteiger partial charge >= 0.3 is 17.9 Å². The molecule has 0 spiro atoms. The van der Waals surface area contributed by atoms with Crippen molar-refractivity contribution in [3.8, 4) is 0 Å². The number of nitrogens with one attached hydrogen (secondary N) is 1. The van der Waals surface area contributed by atoms with E-state index in [1.165, 1.54) is 20.3 Å². The Morgan fingerprint density at radius 2 is 2.00 bits per heavy atom. The number of ether oxygens (including phenoxy) is 3.